The lowest BCUT2D eigenvalue weighted by Gasteiger charge is -2.11. The monoisotopic (exact) mass is 516 g/mol. The Kier molecular flexibility index (Phi) is 7.39. The average molecular weight is 518 g/mol. The minimum atomic E-state index is -0.298. The highest BCUT2D eigenvalue weighted by Gasteiger charge is 2.09. The van der Waals surface area contributed by atoms with Crippen molar-refractivity contribution in [3.63, 3.8) is 0 Å². The van der Waals surface area contributed by atoms with Gasteiger partial charge in [0, 0.05) is 5.56 Å². The fraction of sp³-hybridized carbons (Fsp3) is 0.0909. The molecule has 0 spiro atoms. The largest absolute Gasteiger partial charge is 0.487 e. The molecule has 0 bridgehead atoms. The van der Waals surface area contributed by atoms with Gasteiger partial charge in [0.05, 0.1) is 26.8 Å². The number of halogens is 3. The Morgan fingerprint density at radius 2 is 1.76 bits per heavy atom. The molecule has 3 rings (SSSR count). The molecule has 7 heteroatoms. The summed E-state index contributed by atoms with van der Waals surface area (Å²) >= 11 is 6.97. The van der Waals surface area contributed by atoms with Crippen molar-refractivity contribution in [1.29, 1.82) is 5.26 Å². The molecule has 0 heterocycles. The first-order chi connectivity index (χ1) is 14.1. The second kappa shape index (κ2) is 10.2. The second-order valence-corrected chi connectivity index (χ2v) is 7.72. The fourth-order valence-corrected chi connectivity index (χ4v) is 3.99. The maximum atomic E-state index is 13.3. The van der Waals surface area contributed by atoms with Gasteiger partial charge in [0.1, 0.15) is 24.8 Å². The van der Waals surface area contributed by atoms with Gasteiger partial charge < -0.3 is 9.57 Å². The number of rotatable bonds is 7. The Morgan fingerprint density at radius 3 is 2.48 bits per heavy atom. The Balaban J connectivity index is 1.62. The minimum absolute atomic E-state index is 0.206. The number of benzene rings is 3. The standard InChI is InChI=1S/C22H15Br2FN2O2/c23-20-9-16(12-27-29-14-18-6-2-1-5-17(18)11-26)10-21(24)22(20)28-13-15-4-3-7-19(25)8-15/h1-10,12H,13-14H2/b27-12-. The maximum absolute atomic E-state index is 13.3. The molecule has 3 aromatic carbocycles. The normalized spacial score (nSPS) is 10.7. The van der Waals surface area contributed by atoms with E-state index in [-0.39, 0.29) is 19.0 Å². The molecule has 4 nitrogen and oxygen atoms in total. The number of nitriles is 1. The molecule has 0 saturated carbocycles. The van der Waals surface area contributed by atoms with Gasteiger partial charge in [-0.05, 0) is 73.3 Å². The predicted molar refractivity (Wildman–Crippen MR) is 116 cm³/mol. The lowest BCUT2D eigenvalue weighted by atomic mass is 10.1. The van der Waals surface area contributed by atoms with Crippen LogP contribution < -0.4 is 4.74 Å². The predicted octanol–water partition coefficient (Wildman–Crippen LogP) is 6.35. The molecule has 0 fully saturated rings. The van der Waals surface area contributed by atoms with Crippen molar-refractivity contribution in [2.75, 3.05) is 0 Å². The SMILES string of the molecule is N#Cc1ccccc1CO/N=C\c1cc(Br)c(OCc2cccc(F)c2)c(Br)c1. The van der Waals surface area contributed by atoms with Crippen molar-refractivity contribution in [2.45, 2.75) is 13.2 Å². The first kappa shape index (κ1) is 21.0. The topological polar surface area (TPSA) is 54.6 Å². The highest BCUT2D eigenvalue weighted by Crippen LogP contribution is 2.35. The number of nitrogens with zero attached hydrogens (tertiary/aromatic N) is 2. The number of hydrogen-bond donors (Lipinski definition) is 0. The van der Waals surface area contributed by atoms with Crippen LogP contribution in [0.1, 0.15) is 22.3 Å². The van der Waals surface area contributed by atoms with E-state index in [4.69, 9.17) is 14.8 Å². The van der Waals surface area contributed by atoms with E-state index >= 15 is 0 Å². The summed E-state index contributed by atoms with van der Waals surface area (Å²) in [6.07, 6.45) is 1.57. The van der Waals surface area contributed by atoms with E-state index in [9.17, 15) is 4.39 Å². The molecule has 3 aromatic rings. The number of hydrogen-bond acceptors (Lipinski definition) is 4. The van der Waals surface area contributed by atoms with Gasteiger partial charge in [-0.2, -0.15) is 5.26 Å². The summed E-state index contributed by atoms with van der Waals surface area (Å²) < 4.78 is 20.5. The van der Waals surface area contributed by atoms with Crippen LogP contribution >= 0.6 is 31.9 Å². The van der Waals surface area contributed by atoms with Crippen LogP contribution in [0.5, 0.6) is 5.75 Å². The Bertz CT molecular complexity index is 1060. The molecule has 0 radical (unpaired) electrons. The summed E-state index contributed by atoms with van der Waals surface area (Å²) in [4.78, 5) is 5.31. The van der Waals surface area contributed by atoms with Crippen LogP contribution in [0.3, 0.4) is 0 Å². The van der Waals surface area contributed by atoms with E-state index in [1.54, 1.807) is 30.5 Å². The fourth-order valence-electron chi connectivity index (χ4n) is 2.53. The lowest BCUT2D eigenvalue weighted by molar-refractivity contribution is 0.132. The van der Waals surface area contributed by atoms with Crippen molar-refractivity contribution >= 4 is 38.1 Å². The second-order valence-electron chi connectivity index (χ2n) is 6.01. The van der Waals surface area contributed by atoms with E-state index < -0.39 is 0 Å². The van der Waals surface area contributed by atoms with E-state index in [1.807, 2.05) is 24.3 Å². The molecule has 0 aliphatic carbocycles. The summed E-state index contributed by atoms with van der Waals surface area (Å²) in [7, 11) is 0. The van der Waals surface area contributed by atoms with Crippen LogP contribution in [0, 0.1) is 17.1 Å². The average Bonchev–Trinajstić information content (AvgIpc) is 2.71. The summed E-state index contributed by atoms with van der Waals surface area (Å²) in [5.41, 5.74) is 2.86. The summed E-state index contributed by atoms with van der Waals surface area (Å²) in [5.74, 6) is 0.309. The summed E-state index contributed by atoms with van der Waals surface area (Å²) in [5, 5.41) is 13.1. The van der Waals surface area contributed by atoms with E-state index in [1.165, 1.54) is 12.1 Å². The first-order valence-corrected chi connectivity index (χ1v) is 10.1. The molecule has 0 unspecified atom stereocenters. The van der Waals surface area contributed by atoms with Gasteiger partial charge in [-0.3, -0.25) is 0 Å². The molecule has 0 aromatic heterocycles. The quantitative estimate of drug-likeness (QED) is 0.271. The van der Waals surface area contributed by atoms with Crippen LogP contribution in [0.2, 0.25) is 0 Å². The molecule has 0 N–H and O–H groups in total. The molecular formula is C22H15Br2FN2O2. The Hall–Kier alpha value is -2.69. The smallest absolute Gasteiger partial charge is 0.148 e. The third-order valence-electron chi connectivity index (χ3n) is 3.93. The Labute approximate surface area is 184 Å². The van der Waals surface area contributed by atoms with E-state index in [0.717, 1.165) is 25.6 Å². The third-order valence-corrected chi connectivity index (χ3v) is 5.11. The highest BCUT2D eigenvalue weighted by atomic mass is 79.9. The zero-order valence-electron chi connectivity index (χ0n) is 15.1. The van der Waals surface area contributed by atoms with Gasteiger partial charge in [0.15, 0.2) is 0 Å². The van der Waals surface area contributed by atoms with Crippen LogP contribution in [0.15, 0.2) is 74.8 Å². The van der Waals surface area contributed by atoms with Gasteiger partial charge >= 0.3 is 0 Å². The lowest BCUT2D eigenvalue weighted by Crippen LogP contribution is -1.98. The highest BCUT2D eigenvalue weighted by molar-refractivity contribution is 9.11. The molecule has 0 aliphatic heterocycles. The Morgan fingerprint density at radius 1 is 1.00 bits per heavy atom. The molecule has 0 amide bonds. The zero-order valence-corrected chi connectivity index (χ0v) is 18.3. The maximum Gasteiger partial charge on any atom is 0.148 e. The van der Waals surface area contributed by atoms with Crippen molar-refractivity contribution < 1.29 is 14.0 Å². The van der Waals surface area contributed by atoms with Gasteiger partial charge in [-0.15, -0.1) is 0 Å². The van der Waals surface area contributed by atoms with E-state index in [0.29, 0.717) is 11.3 Å². The van der Waals surface area contributed by atoms with Crippen molar-refractivity contribution in [1.82, 2.24) is 0 Å². The van der Waals surface area contributed by atoms with Crippen LogP contribution in [-0.4, -0.2) is 6.21 Å². The molecular weight excluding hydrogens is 503 g/mol. The van der Waals surface area contributed by atoms with Gasteiger partial charge in [-0.1, -0.05) is 35.5 Å². The number of oxime groups is 1. The van der Waals surface area contributed by atoms with Crippen LogP contribution in [-0.2, 0) is 18.1 Å². The first-order valence-electron chi connectivity index (χ1n) is 8.56. The van der Waals surface area contributed by atoms with E-state index in [2.05, 4.69) is 43.1 Å². The minimum Gasteiger partial charge on any atom is -0.487 e. The number of ether oxygens (including phenoxy) is 1. The summed E-state index contributed by atoms with van der Waals surface area (Å²) in [6, 6.07) is 19.3. The molecule has 0 saturated heterocycles. The molecule has 29 heavy (non-hydrogen) atoms. The van der Waals surface area contributed by atoms with Gasteiger partial charge in [0.25, 0.3) is 0 Å². The summed E-state index contributed by atoms with van der Waals surface area (Å²) in [6.45, 7) is 0.446. The van der Waals surface area contributed by atoms with Crippen LogP contribution in [0.4, 0.5) is 4.39 Å². The van der Waals surface area contributed by atoms with Crippen molar-refractivity contribution in [3.05, 3.63) is 97.7 Å². The van der Waals surface area contributed by atoms with Crippen molar-refractivity contribution in [3.8, 4) is 11.8 Å². The van der Waals surface area contributed by atoms with Crippen LogP contribution in [0.25, 0.3) is 0 Å². The molecule has 146 valence electrons. The van der Waals surface area contributed by atoms with Crippen molar-refractivity contribution in [2.24, 2.45) is 5.16 Å². The third kappa shape index (κ3) is 5.89. The zero-order chi connectivity index (χ0) is 20.6. The van der Waals surface area contributed by atoms with Gasteiger partial charge in [-0.25, -0.2) is 4.39 Å². The van der Waals surface area contributed by atoms with Gasteiger partial charge in [0.2, 0.25) is 0 Å². The molecule has 0 aliphatic rings. The molecule has 0 atom stereocenters.